The minimum atomic E-state index is 0.0521. The van der Waals surface area contributed by atoms with Crippen molar-refractivity contribution in [2.75, 3.05) is 46.0 Å². The molecule has 0 atom stereocenters. The van der Waals surface area contributed by atoms with Crippen molar-refractivity contribution >= 4 is 17.2 Å². The van der Waals surface area contributed by atoms with Crippen LogP contribution >= 0.6 is 11.3 Å². The summed E-state index contributed by atoms with van der Waals surface area (Å²) in [6.07, 6.45) is 0.989. The minimum Gasteiger partial charge on any atom is -0.491 e. The van der Waals surface area contributed by atoms with Crippen LogP contribution in [-0.4, -0.2) is 66.7 Å². The Bertz CT molecular complexity index is 700. The van der Waals surface area contributed by atoms with E-state index in [9.17, 15) is 4.79 Å². The van der Waals surface area contributed by atoms with Crippen molar-refractivity contribution in [1.29, 1.82) is 0 Å². The summed E-state index contributed by atoms with van der Waals surface area (Å²) in [6, 6.07) is 9.60. The molecule has 1 amide bonds. The molecule has 0 saturated carbocycles. The van der Waals surface area contributed by atoms with Crippen LogP contribution in [0.1, 0.15) is 17.6 Å². The Morgan fingerprint density at radius 3 is 2.63 bits per heavy atom. The molecular weight excluding hydrogens is 362 g/mol. The molecule has 0 bridgehead atoms. The number of carbonyl (C=O) groups excluding carboxylic acids is 1. The highest BCUT2D eigenvalue weighted by Crippen LogP contribution is 2.13. The highest BCUT2D eigenvalue weighted by molar-refractivity contribution is 7.09. The molecule has 0 radical (unpaired) electrons. The molecule has 7 heteroatoms. The number of piperazine rings is 1. The van der Waals surface area contributed by atoms with Crippen molar-refractivity contribution in [2.24, 2.45) is 0 Å². The maximum atomic E-state index is 12.3. The molecule has 3 rings (SSSR count). The highest BCUT2D eigenvalue weighted by atomic mass is 32.1. The van der Waals surface area contributed by atoms with Crippen molar-refractivity contribution in [1.82, 2.24) is 14.8 Å². The molecular formula is C20H27N3O3S. The van der Waals surface area contributed by atoms with Crippen LogP contribution in [0.4, 0.5) is 0 Å². The van der Waals surface area contributed by atoms with Gasteiger partial charge in [0.1, 0.15) is 19.0 Å². The number of aryl methyl sites for hydroxylation is 1. The van der Waals surface area contributed by atoms with Crippen molar-refractivity contribution in [3.63, 3.8) is 0 Å². The number of benzene rings is 1. The molecule has 1 aromatic heterocycles. The molecule has 6 nitrogen and oxygen atoms in total. The van der Waals surface area contributed by atoms with Gasteiger partial charge in [-0.25, -0.2) is 4.98 Å². The van der Waals surface area contributed by atoms with E-state index in [4.69, 9.17) is 9.47 Å². The van der Waals surface area contributed by atoms with E-state index in [2.05, 4.69) is 22.2 Å². The summed E-state index contributed by atoms with van der Waals surface area (Å²) in [5.41, 5.74) is 1.14. The molecule has 0 unspecified atom stereocenters. The smallest absolute Gasteiger partial charge is 0.248 e. The second-order valence-electron chi connectivity index (χ2n) is 6.46. The van der Waals surface area contributed by atoms with Crippen LogP contribution in [0, 0.1) is 0 Å². The van der Waals surface area contributed by atoms with Gasteiger partial charge in [-0.15, -0.1) is 11.3 Å². The van der Waals surface area contributed by atoms with Crippen molar-refractivity contribution in [2.45, 2.75) is 19.9 Å². The number of thiazole rings is 1. The molecule has 1 aliphatic rings. The van der Waals surface area contributed by atoms with Gasteiger partial charge in [-0.3, -0.25) is 9.69 Å². The maximum Gasteiger partial charge on any atom is 0.248 e. The number of aromatic nitrogens is 1. The van der Waals surface area contributed by atoms with E-state index in [0.29, 0.717) is 13.2 Å². The topological polar surface area (TPSA) is 54.9 Å². The van der Waals surface area contributed by atoms with E-state index in [1.54, 1.807) is 11.3 Å². The number of hydrogen-bond donors (Lipinski definition) is 0. The number of ether oxygens (including phenoxy) is 2. The first kappa shape index (κ1) is 19.8. The fraction of sp³-hybridized carbons (Fsp3) is 0.500. The van der Waals surface area contributed by atoms with Crippen LogP contribution in [-0.2, 0) is 22.5 Å². The molecule has 0 N–H and O–H groups in total. The first-order valence-electron chi connectivity index (χ1n) is 9.43. The van der Waals surface area contributed by atoms with Gasteiger partial charge in [-0.2, -0.15) is 0 Å². The van der Waals surface area contributed by atoms with Gasteiger partial charge in [0.2, 0.25) is 5.91 Å². The predicted molar refractivity (Wildman–Crippen MR) is 106 cm³/mol. The lowest BCUT2D eigenvalue weighted by molar-refractivity contribution is -0.138. The van der Waals surface area contributed by atoms with E-state index >= 15 is 0 Å². The SMILES string of the molecule is CCc1nc(CN2CCN(C(=O)COCCOc3ccccc3)CC2)cs1. The number of amides is 1. The van der Waals surface area contributed by atoms with E-state index < -0.39 is 0 Å². The Morgan fingerprint density at radius 2 is 1.93 bits per heavy atom. The third-order valence-corrected chi connectivity index (χ3v) is 5.52. The fourth-order valence-electron chi connectivity index (χ4n) is 2.95. The summed E-state index contributed by atoms with van der Waals surface area (Å²) < 4.78 is 11.0. The molecule has 0 spiro atoms. The summed E-state index contributed by atoms with van der Waals surface area (Å²) in [6.45, 7) is 7.20. The van der Waals surface area contributed by atoms with Crippen LogP contribution in [0.3, 0.4) is 0 Å². The van der Waals surface area contributed by atoms with E-state index in [1.165, 1.54) is 5.01 Å². The first-order valence-corrected chi connectivity index (χ1v) is 10.3. The molecule has 1 fully saturated rings. The molecule has 27 heavy (non-hydrogen) atoms. The van der Waals surface area contributed by atoms with Crippen molar-refractivity contribution in [3.8, 4) is 5.75 Å². The minimum absolute atomic E-state index is 0.0521. The molecule has 2 heterocycles. The summed E-state index contributed by atoms with van der Waals surface area (Å²) in [4.78, 5) is 21.1. The second-order valence-corrected chi connectivity index (χ2v) is 7.40. The lowest BCUT2D eigenvalue weighted by Crippen LogP contribution is -2.49. The van der Waals surface area contributed by atoms with Crippen molar-refractivity contribution in [3.05, 3.63) is 46.4 Å². The largest absolute Gasteiger partial charge is 0.491 e. The van der Waals surface area contributed by atoms with Crippen LogP contribution < -0.4 is 4.74 Å². The summed E-state index contributed by atoms with van der Waals surface area (Å²) in [7, 11) is 0. The highest BCUT2D eigenvalue weighted by Gasteiger charge is 2.21. The van der Waals surface area contributed by atoms with Gasteiger partial charge in [0, 0.05) is 38.1 Å². The number of carbonyl (C=O) groups is 1. The Labute approximate surface area is 164 Å². The third kappa shape index (κ3) is 6.30. The van der Waals surface area contributed by atoms with E-state index in [-0.39, 0.29) is 12.5 Å². The normalized spacial score (nSPS) is 15.1. The zero-order chi connectivity index (χ0) is 18.9. The molecule has 146 valence electrons. The zero-order valence-electron chi connectivity index (χ0n) is 15.8. The molecule has 1 aromatic carbocycles. The van der Waals surface area contributed by atoms with Crippen molar-refractivity contribution < 1.29 is 14.3 Å². The van der Waals surface area contributed by atoms with Crippen LogP contribution in [0.5, 0.6) is 5.75 Å². The average molecular weight is 390 g/mol. The van der Waals surface area contributed by atoms with E-state index in [0.717, 1.165) is 50.6 Å². The zero-order valence-corrected chi connectivity index (χ0v) is 16.6. The maximum absolute atomic E-state index is 12.3. The second kappa shape index (κ2) is 10.4. The average Bonchev–Trinajstić information content (AvgIpc) is 3.16. The first-order chi connectivity index (χ1) is 13.2. The lowest BCUT2D eigenvalue weighted by atomic mass is 10.3. The van der Waals surface area contributed by atoms with Gasteiger partial charge in [0.15, 0.2) is 0 Å². The fourth-order valence-corrected chi connectivity index (χ4v) is 3.69. The number of nitrogens with zero attached hydrogens (tertiary/aromatic N) is 3. The van der Waals surface area contributed by atoms with Crippen LogP contribution in [0.2, 0.25) is 0 Å². The van der Waals surface area contributed by atoms with Crippen LogP contribution in [0.15, 0.2) is 35.7 Å². The van der Waals surface area contributed by atoms with Crippen LogP contribution in [0.25, 0.3) is 0 Å². The Balaban J connectivity index is 1.29. The van der Waals surface area contributed by atoms with Gasteiger partial charge < -0.3 is 14.4 Å². The Morgan fingerprint density at radius 1 is 1.15 bits per heavy atom. The lowest BCUT2D eigenvalue weighted by Gasteiger charge is -2.34. The molecule has 1 saturated heterocycles. The molecule has 0 aliphatic carbocycles. The monoisotopic (exact) mass is 389 g/mol. The summed E-state index contributed by atoms with van der Waals surface area (Å²) in [5.74, 6) is 0.867. The Hall–Kier alpha value is -1.96. The number of para-hydroxylation sites is 1. The quantitative estimate of drug-likeness (QED) is 0.617. The van der Waals surface area contributed by atoms with Gasteiger partial charge >= 0.3 is 0 Å². The summed E-state index contributed by atoms with van der Waals surface area (Å²) in [5, 5.41) is 3.33. The third-order valence-electron chi connectivity index (χ3n) is 4.48. The molecule has 2 aromatic rings. The number of rotatable bonds is 9. The Kier molecular flexibility index (Phi) is 7.62. The molecule has 1 aliphatic heterocycles. The van der Waals surface area contributed by atoms with Gasteiger partial charge in [-0.1, -0.05) is 25.1 Å². The van der Waals surface area contributed by atoms with E-state index in [1.807, 2.05) is 35.2 Å². The standard InChI is InChI=1S/C20H27N3O3S/c1-2-19-21-17(16-27-19)14-22-8-10-23(11-9-22)20(24)15-25-12-13-26-18-6-4-3-5-7-18/h3-7,16H,2,8-15H2,1H3. The van der Waals surface area contributed by atoms with Gasteiger partial charge in [-0.05, 0) is 18.6 Å². The van der Waals surface area contributed by atoms with Gasteiger partial charge in [0.25, 0.3) is 0 Å². The summed E-state index contributed by atoms with van der Waals surface area (Å²) >= 11 is 1.73. The number of hydrogen-bond acceptors (Lipinski definition) is 6. The van der Waals surface area contributed by atoms with Gasteiger partial charge in [0.05, 0.1) is 17.3 Å². The predicted octanol–water partition coefficient (Wildman–Crippen LogP) is 2.45.